The molecule has 35 heavy (non-hydrogen) atoms. The molecule has 0 saturated carbocycles. The molecule has 7 nitrogen and oxygen atoms in total. The van der Waals surface area contributed by atoms with Gasteiger partial charge in [-0.25, -0.2) is 0 Å². The van der Waals surface area contributed by atoms with Crippen molar-refractivity contribution in [1.29, 1.82) is 0 Å². The molecule has 0 fully saturated rings. The molecular formula is C27H29NO6S. The summed E-state index contributed by atoms with van der Waals surface area (Å²) in [4.78, 5) is 0.0783. The zero-order valence-electron chi connectivity index (χ0n) is 19.6. The van der Waals surface area contributed by atoms with Crippen LogP contribution in [0, 0.1) is 18.8 Å². The first kappa shape index (κ1) is 26.5. The number of aliphatic hydroxyl groups excluding tert-OH is 2. The number of sulfonamides is 1. The Morgan fingerprint density at radius 2 is 1.54 bits per heavy atom. The summed E-state index contributed by atoms with van der Waals surface area (Å²) < 4.78 is 41.9. The molecule has 0 spiro atoms. The number of aryl methyl sites for hydroxylation is 1. The van der Waals surface area contributed by atoms with Crippen molar-refractivity contribution in [2.75, 3.05) is 26.4 Å². The Bertz CT molecular complexity index is 1230. The summed E-state index contributed by atoms with van der Waals surface area (Å²) in [7, 11) is -3.99. The Balaban J connectivity index is 2.04. The fourth-order valence-electron chi connectivity index (χ4n) is 3.15. The van der Waals surface area contributed by atoms with E-state index in [1.807, 2.05) is 37.3 Å². The SMILES string of the molecule is Cc1ccc(S(=O)(=O)/N=C2\C=CC(OCCCO)(OCCCO)C=C2C#Cc2ccccc2)cc1. The number of aliphatic hydroxyl groups is 2. The van der Waals surface area contributed by atoms with E-state index in [0.29, 0.717) is 18.4 Å². The van der Waals surface area contributed by atoms with Crippen molar-refractivity contribution < 1.29 is 28.1 Å². The number of ether oxygens (including phenoxy) is 2. The third-order valence-electron chi connectivity index (χ3n) is 5.01. The van der Waals surface area contributed by atoms with Crippen molar-refractivity contribution >= 4 is 15.7 Å². The minimum atomic E-state index is -3.99. The molecule has 0 radical (unpaired) electrons. The van der Waals surface area contributed by atoms with Crippen molar-refractivity contribution in [1.82, 2.24) is 0 Å². The Morgan fingerprint density at radius 1 is 0.914 bits per heavy atom. The number of rotatable bonds is 10. The van der Waals surface area contributed by atoms with E-state index in [2.05, 4.69) is 16.2 Å². The van der Waals surface area contributed by atoms with Gasteiger partial charge in [0, 0.05) is 18.8 Å². The van der Waals surface area contributed by atoms with Gasteiger partial charge in [0.05, 0.1) is 29.4 Å². The third-order valence-corrected chi connectivity index (χ3v) is 6.31. The quantitative estimate of drug-likeness (QED) is 0.298. The van der Waals surface area contributed by atoms with Gasteiger partial charge in [0.15, 0.2) is 0 Å². The molecule has 0 unspecified atom stereocenters. The molecule has 0 aliphatic heterocycles. The van der Waals surface area contributed by atoms with E-state index < -0.39 is 15.8 Å². The van der Waals surface area contributed by atoms with Crippen LogP contribution < -0.4 is 0 Å². The van der Waals surface area contributed by atoms with E-state index in [1.165, 1.54) is 18.2 Å². The average molecular weight is 496 g/mol. The normalized spacial score (nSPS) is 16.0. The highest BCUT2D eigenvalue weighted by atomic mass is 32.2. The fourth-order valence-corrected chi connectivity index (χ4v) is 4.16. The maximum atomic E-state index is 13.0. The van der Waals surface area contributed by atoms with Crippen LogP contribution in [0.15, 0.2) is 87.7 Å². The second-order valence-corrected chi connectivity index (χ2v) is 9.45. The Kier molecular flexibility index (Phi) is 9.55. The largest absolute Gasteiger partial charge is 0.396 e. The Labute approximate surface area is 206 Å². The highest BCUT2D eigenvalue weighted by molar-refractivity contribution is 7.90. The predicted octanol–water partition coefficient (Wildman–Crippen LogP) is 3.17. The molecule has 8 heteroatoms. The van der Waals surface area contributed by atoms with Gasteiger partial charge in [-0.2, -0.15) is 12.8 Å². The van der Waals surface area contributed by atoms with Crippen LogP contribution in [0.1, 0.15) is 24.0 Å². The third kappa shape index (κ3) is 7.72. The summed E-state index contributed by atoms with van der Waals surface area (Å²) in [5, 5.41) is 18.3. The maximum absolute atomic E-state index is 13.0. The van der Waals surface area contributed by atoms with E-state index in [1.54, 1.807) is 24.3 Å². The van der Waals surface area contributed by atoms with E-state index in [-0.39, 0.29) is 37.0 Å². The van der Waals surface area contributed by atoms with Crippen LogP contribution in [0.5, 0.6) is 0 Å². The van der Waals surface area contributed by atoms with Crippen molar-refractivity contribution in [3.63, 3.8) is 0 Å². The summed E-state index contributed by atoms with van der Waals surface area (Å²) in [5.74, 6) is 4.71. The van der Waals surface area contributed by atoms with Gasteiger partial charge in [0.2, 0.25) is 5.79 Å². The number of allylic oxidation sites excluding steroid dienone is 2. The summed E-state index contributed by atoms with van der Waals surface area (Å²) >= 11 is 0. The average Bonchev–Trinajstić information content (AvgIpc) is 2.85. The first-order valence-electron chi connectivity index (χ1n) is 11.3. The molecule has 2 aromatic rings. The first-order valence-corrected chi connectivity index (χ1v) is 12.7. The molecule has 3 rings (SSSR count). The van der Waals surface area contributed by atoms with E-state index in [9.17, 15) is 8.42 Å². The molecular weight excluding hydrogens is 466 g/mol. The Hall–Kier alpha value is -3.06. The van der Waals surface area contributed by atoms with Crippen LogP contribution in [0.3, 0.4) is 0 Å². The van der Waals surface area contributed by atoms with Crippen LogP contribution in [-0.2, 0) is 19.5 Å². The lowest BCUT2D eigenvalue weighted by atomic mass is 9.99. The molecule has 2 aromatic carbocycles. The van der Waals surface area contributed by atoms with Crippen molar-refractivity contribution in [2.24, 2.45) is 4.40 Å². The van der Waals surface area contributed by atoms with E-state index in [4.69, 9.17) is 19.7 Å². The second-order valence-electron chi connectivity index (χ2n) is 7.84. The van der Waals surface area contributed by atoms with Crippen LogP contribution in [0.25, 0.3) is 0 Å². The molecule has 0 atom stereocenters. The number of hydrogen-bond acceptors (Lipinski definition) is 6. The predicted molar refractivity (Wildman–Crippen MR) is 134 cm³/mol. The molecule has 0 aromatic heterocycles. The topological polar surface area (TPSA) is 105 Å². The van der Waals surface area contributed by atoms with Gasteiger partial charge in [0.1, 0.15) is 0 Å². The molecule has 0 heterocycles. The highest BCUT2D eigenvalue weighted by Gasteiger charge is 2.32. The lowest BCUT2D eigenvalue weighted by Gasteiger charge is -2.30. The number of benzene rings is 2. The van der Waals surface area contributed by atoms with Crippen LogP contribution >= 0.6 is 0 Å². The van der Waals surface area contributed by atoms with Gasteiger partial charge >= 0.3 is 0 Å². The summed E-state index contributed by atoms with van der Waals surface area (Å²) in [6.07, 6.45) is 5.44. The van der Waals surface area contributed by atoms with Gasteiger partial charge < -0.3 is 19.7 Å². The fraction of sp³-hybridized carbons (Fsp3) is 0.296. The molecule has 0 bridgehead atoms. The smallest absolute Gasteiger partial charge is 0.282 e. The molecule has 2 N–H and O–H groups in total. The minimum absolute atomic E-state index is 0.0533. The number of hydrogen-bond donors (Lipinski definition) is 2. The summed E-state index contributed by atoms with van der Waals surface area (Å²) in [6, 6.07) is 15.7. The first-order chi connectivity index (χ1) is 16.9. The zero-order valence-corrected chi connectivity index (χ0v) is 20.4. The van der Waals surface area contributed by atoms with Crippen molar-refractivity contribution in [3.8, 4) is 11.8 Å². The molecule has 184 valence electrons. The minimum Gasteiger partial charge on any atom is -0.396 e. The Morgan fingerprint density at radius 3 is 2.14 bits per heavy atom. The van der Waals surface area contributed by atoms with Gasteiger partial charge in [-0.3, -0.25) is 0 Å². The van der Waals surface area contributed by atoms with E-state index in [0.717, 1.165) is 11.1 Å². The second kappa shape index (κ2) is 12.6. The highest BCUT2D eigenvalue weighted by Crippen LogP contribution is 2.27. The van der Waals surface area contributed by atoms with Crippen LogP contribution in [0.2, 0.25) is 0 Å². The molecule has 1 aliphatic rings. The van der Waals surface area contributed by atoms with Gasteiger partial charge in [-0.15, -0.1) is 0 Å². The lowest BCUT2D eigenvalue weighted by molar-refractivity contribution is -0.174. The summed E-state index contributed by atoms with van der Waals surface area (Å²) in [6.45, 7) is 2.16. The van der Waals surface area contributed by atoms with Crippen molar-refractivity contribution in [3.05, 3.63) is 89.5 Å². The maximum Gasteiger partial charge on any atom is 0.282 e. The monoisotopic (exact) mass is 495 g/mol. The number of nitrogens with zero attached hydrogens (tertiary/aromatic N) is 1. The zero-order chi connectivity index (χ0) is 25.2. The van der Waals surface area contributed by atoms with Gasteiger partial charge in [-0.1, -0.05) is 47.7 Å². The van der Waals surface area contributed by atoms with E-state index >= 15 is 0 Å². The molecule has 1 aliphatic carbocycles. The molecule has 0 amide bonds. The van der Waals surface area contributed by atoms with Crippen LogP contribution in [0.4, 0.5) is 0 Å². The standard InChI is InChI=1S/C27H29NO6S/c1-22-9-13-25(14-10-22)35(31,32)28-26-15-16-27(33-19-5-17-29,34-20-6-18-30)21-24(26)12-11-23-7-3-2-4-8-23/h2-4,7-10,13-16,21,29-30H,5-6,17-20H2,1H3/b28-26+. The van der Waals surface area contributed by atoms with Gasteiger partial charge in [0.25, 0.3) is 10.0 Å². The van der Waals surface area contributed by atoms with Crippen molar-refractivity contribution in [2.45, 2.75) is 30.4 Å². The molecule has 0 saturated heterocycles. The van der Waals surface area contributed by atoms with Gasteiger partial charge in [-0.05, 0) is 62.3 Å². The lowest BCUT2D eigenvalue weighted by Crippen LogP contribution is -2.36. The summed E-state index contributed by atoms with van der Waals surface area (Å²) in [5.41, 5.74) is 2.16. The van der Waals surface area contributed by atoms with Crippen LogP contribution in [-0.4, -0.2) is 56.6 Å².